The Morgan fingerprint density at radius 2 is 2.31 bits per heavy atom. The van der Waals surface area contributed by atoms with Crippen molar-refractivity contribution in [2.75, 3.05) is 25.1 Å². The molecule has 140 valence electrons. The highest BCUT2D eigenvalue weighted by Gasteiger charge is 2.35. The van der Waals surface area contributed by atoms with Crippen LogP contribution in [0.2, 0.25) is 0 Å². The molecule has 0 N–H and O–H groups in total. The second-order valence-corrected chi connectivity index (χ2v) is 10.1. The maximum Gasteiger partial charge on any atom is 0.266 e. The number of hydrogen-bond acceptors (Lipinski definition) is 7. The summed E-state index contributed by atoms with van der Waals surface area (Å²) in [5.41, 5.74) is 0. The summed E-state index contributed by atoms with van der Waals surface area (Å²) in [7, 11) is -1.45. The molecule has 2 aliphatic rings. The number of thiocarbonyl (C=S) groups is 1. The SMILES string of the molecule is CN(C(=O)CCN1C(=O)/C(=C\c2ccco2)SC1=S)C1CCS(=O)(=O)C1. The van der Waals surface area contributed by atoms with Crippen LogP contribution in [0.4, 0.5) is 0 Å². The highest BCUT2D eigenvalue weighted by Crippen LogP contribution is 2.32. The summed E-state index contributed by atoms with van der Waals surface area (Å²) in [6.45, 7) is 0.169. The molecular weight excluding hydrogens is 396 g/mol. The van der Waals surface area contributed by atoms with Gasteiger partial charge in [-0.1, -0.05) is 24.0 Å². The topological polar surface area (TPSA) is 87.9 Å². The number of rotatable bonds is 5. The van der Waals surface area contributed by atoms with E-state index in [-0.39, 0.29) is 42.3 Å². The van der Waals surface area contributed by atoms with Gasteiger partial charge in [-0.25, -0.2) is 8.42 Å². The lowest BCUT2D eigenvalue weighted by atomic mass is 10.2. The van der Waals surface area contributed by atoms with Gasteiger partial charge in [0.05, 0.1) is 22.7 Å². The summed E-state index contributed by atoms with van der Waals surface area (Å²) < 4.78 is 28.7. The van der Waals surface area contributed by atoms with Gasteiger partial charge in [-0.2, -0.15) is 0 Å². The fourth-order valence-electron chi connectivity index (χ4n) is 2.86. The van der Waals surface area contributed by atoms with E-state index in [2.05, 4.69) is 0 Å². The first-order valence-electron chi connectivity index (χ1n) is 8.02. The molecule has 10 heteroatoms. The molecule has 1 unspecified atom stereocenters. The first-order chi connectivity index (χ1) is 12.3. The Hall–Kier alpha value is -1.65. The third-order valence-corrected chi connectivity index (χ3v) is 7.52. The second kappa shape index (κ2) is 7.53. The van der Waals surface area contributed by atoms with Gasteiger partial charge in [0.1, 0.15) is 10.1 Å². The minimum atomic E-state index is -3.05. The van der Waals surface area contributed by atoms with Gasteiger partial charge in [0.25, 0.3) is 5.91 Å². The number of carbonyl (C=O) groups is 2. The molecule has 2 amide bonds. The van der Waals surface area contributed by atoms with Gasteiger partial charge in [-0.15, -0.1) is 0 Å². The van der Waals surface area contributed by atoms with E-state index in [1.807, 2.05) is 0 Å². The minimum Gasteiger partial charge on any atom is -0.465 e. The third kappa shape index (κ3) is 4.18. The van der Waals surface area contributed by atoms with Gasteiger partial charge in [0.2, 0.25) is 5.91 Å². The largest absolute Gasteiger partial charge is 0.465 e. The maximum absolute atomic E-state index is 12.5. The molecule has 2 fully saturated rings. The van der Waals surface area contributed by atoms with Crippen LogP contribution in [0.3, 0.4) is 0 Å². The average Bonchev–Trinajstić information content (AvgIpc) is 3.27. The molecule has 1 aromatic heterocycles. The van der Waals surface area contributed by atoms with Crippen molar-refractivity contribution in [1.82, 2.24) is 9.80 Å². The molecule has 0 aromatic carbocycles. The minimum absolute atomic E-state index is 0.00216. The molecule has 0 aliphatic carbocycles. The van der Waals surface area contributed by atoms with Crippen LogP contribution in [-0.4, -0.2) is 65.5 Å². The Labute approximate surface area is 161 Å². The van der Waals surface area contributed by atoms with Crippen LogP contribution in [0.1, 0.15) is 18.6 Å². The van der Waals surface area contributed by atoms with Crippen molar-refractivity contribution in [2.24, 2.45) is 0 Å². The first-order valence-corrected chi connectivity index (χ1v) is 11.1. The molecule has 1 atom stereocenters. The molecule has 2 aliphatic heterocycles. The standard InChI is InChI=1S/C16H18N2O5S3/c1-17(11-5-8-26(21,22)10-11)14(19)4-6-18-15(20)13(25-16(18)24)9-12-3-2-7-23-12/h2-3,7,9,11H,4-6,8,10H2,1H3/b13-9+. The number of thioether (sulfide) groups is 1. The summed E-state index contributed by atoms with van der Waals surface area (Å²) in [5.74, 6) is 0.222. The number of hydrogen-bond donors (Lipinski definition) is 0. The summed E-state index contributed by atoms with van der Waals surface area (Å²) in [5, 5.41) is 0. The Balaban J connectivity index is 1.58. The van der Waals surface area contributed by atoms with E-state index in [1.165, 1.54) is 27.8 Å². The van der Waals surface area contributed by atoms with E-state index in [0.29, 0.717) is 21.4 Å². The fourth-order valence-corrected chi connectivity index (χ4v) is 5.93. The van der Waals surface area contributed by atoms with Gasteiger partial charge < -0.3 is 9.32 Å². The third-order valence-electron chi connectivity index (χ3n) is 4.39. The predicted octanol–water partition coefficient (Wildman–Crippen LogP) is 1.52. The zero-order chi connectivity index (χ0) is 18.9. The number of furan rings is 1. The quantitative estimate of drug-likeness (QED) is 0.533. The zero-order valence-corrected chi connectivity index (χ0v) is 16.5. The highest BCUT2D eigenvalue weighted by molar-refractivity contribution is 8.26. The first kappa shape index (κ1) is 19.1. The van der Waals surface area contributed by atoms with Crippen LogP contribution in [0.25, 0.3) is 6.08 Å². The van der Waals surface area contributed by atoms with Gasteiger partial charge in [-0.3, -0.25) is 14.5 Å². The smallest absolute Gasteiger partial charge is 0.266 e. The highest BCUT2D eigenvalue weighted by atomic mass is 32.2. The summed E-state index contributed by atoms with van der Waals surface area (Å²) in [6, 6.07) is 3.17. The Bertz CT molecular complexity index is 860. The van der Waals surface area contributed by atoms with E-state index in [9.17, 15) is 18.0 Å². The van der Waals surface area contributed by atoms with E-state index in [1.54, 1.807) is 25.3 Å². The van der Waals surface area contributed by atoms with E-state index in [0.717, 1.165) is 0 Å². The lowest BCUT2D eigenvalue weighted by Gasteiger charge is -2.24. The molecule has 0 saturated carbocycles. The zero-order valence-electron chi connectivity index (χ0n) is 14.1. The molecule has 3 rings (SSSR count). The van der Waals surface area contributed by atoms with Crippen molar-refractivity contribution in [3.8, 4) is 0 Å². The molecule has 7 nitrogen and oxygen atoms in total. The van der Waals surface area contributed by atoms with Crippen LogP contribution >= 0.6 is 24.0 Å². The van der Waals surface area contributed by atoms with Crippen LogP contribution in [0, 0.1) is 0 Å². The summed E-state index contributed by atoms with van der Waals surface area (Å²) >= 11 is 6.41. The molecule has 26 heavy (non-hydrogen) atoms. The summed E-state index contributed by atoms with van der Waals surface area (Å²) in [6.07, 6.45) is 3.69. The lowest BCUT2D eigenvalue weighted by molar-refractivity contribution is -0.132. The Morgan fingerprint density at radius 1 is 1.54 bits per heavy atom. The van der Waals surface area contributed by atoms with Crippen molar-refractivity contribution < 1.29 is 22.4 Å². The summed E-state index contributed by atoms with van der Waals surface area (Å²) in [4.78, 5) is 28.2. The van der Waals surface area contributed by atoms with Gasteiger partial charge in [0, 0.05) is 32.1 Å². The van der Waals surface area contributed by atoms with Crippen LogP contribution in [-0.2, 0) is 19.4 Å². The average molecular weight is 415 g/mol. The molecule has 3 heterocycles. The lowest BCUT2D eigenvalue weighted by Crippen LogP contribution is -2.40. The number of amides is 2. The van der Waals surface area contributed by atoms with Crippen molar-refractivity contribution in [2.45, 2.75) is 18.9 Å². The Kier molecular flexibility index (Phi) is 5.54. The molecule has 0 bridgehead atoms. The monoisotopic (exact) mass is 414 g/mol. The molecule has 0 spiro atoms. The van der Waals surface area contributed by atoms with Crippen molar-refractivity contribution in [1.29, 1.82) is 0 Å². The molecular formula is C16H18N2O5S3. The molecule has 0 radical (unpaired) electrons. The van der Waals surface area contributed by atoms with Crippen LogP contribution in [0.5, 0.6) is 0 Å². The normalized spacial score (nSPS) is 23.8. The van der Waals surface area contributed by atoms with E-state index >= 15 is 0 Å². The van der Waals surface area contributed by atoms with Gasteiger partial charge in [-0.05, 0) is 18.6 Å². The van der Waals surface area contributed by atoms with Crippen molar-refractivity contribution in [3.05, 3.63) is 29.1 Å². The van der Waals surface area contributed by atoms with Crippen molar-refractivity contribution in [3.63, 3.8) is 0 Å². The fraction of sp³-hybridized carbons (Fsp3) is 0.438. The van der Waals surface area contributed by atoms with E-state index < -0.39 is 9.84 Å². The second-order valence-electron chi connectivity index (χ2n) is 6.16. The predicted molar refractivity (Wildman–Crippen MR) is 103 cm³/mol. The number of carbonyl (C=O) groups excluding carboxylic acids is 2. The number of nitrogens with zero attached hydrogens (tertiary/aromatic N) is 2. The van der Waals surface area contributed by atoms with Crippen LogP contribution < -0.4 is 0 Å². The van der Waals surface area contributed by atoms with Crippen LogP contribution in [0.15, 0.2) is 27.7 Å². The van der Waals surface area contributed by atoms with Crippen molar-refractivity contribution >= 4 is 56.0 Å². The Morgan fingerprint density at radius 3 is 2.92 bits per heavy atom. The molecule has 1 aromatic rings. The van der Waals surface area contributed by atoms with Gasteiger partial charge >= 0.3 is 0 Å². The maximum atomic E-state index is 12.5. The molecule has 2 saturated heterocycles. The number of sulfone groups is 1. The van der Waals surface area contributed by atoms with E-state index in [4.69, 9.17) is 16.6 Å². The van der Waals surface area contributed by atoms with Gasteiger partial charge in [0.15, 0.2) is 9.84 Å².